The molecular formula is C15H32N2O. The molecule has 0 aromatic heterocycles. The smallest absolute Gasteiger partial charge is 0.0813 e. The molecule has 3 heteroatoms. The van der Waals surface area contributed by atoms with Crippen molar-refractivity contribution in [3.8, 4) is 0 Å². The van der Waals surface area contributed by atoms with Crippen LogP contribution in [-0.2, 0) is 4.74 Å². The first kappa shape index (κ1) is 15.9. The number of rotatable bonds is 3. The number of ether oxygens (including phenoxy) is 1. The number of fused-ring (bicyclic) bond motifs is 1. The highest BCUT2D eigenvalue weighted by atomic mass is 16.5. The van der Waals surface area contributed by atoms with Crippen molar-refractivity contribution < 1.29 is 4.74 Å². The Morgan fingerprint density at radius 2 is 1.89 bits per heavy atom. The Kier molecular flexibility index (Phi) is 6.61. The van der Waals surface area contributed by atoms with Gasteiger partial charge in [0.1, 0.15) is 0 Å². The molecule has 18 heavy (non-hydrogen) atoms. The van der Waals surface area contributed by atoms with E-state index in [1.54, 1.807) is 0 Å². The quantitative estimate of drug-likeness (QED) is 0.840. The fraction of sp³-hybridized carbons (Fsp3) is 1.00. The molecule has 4 fully saturated rings. The summed E-state index contributed by atoms with van der Waals surface area (Å²) in [6.07, 6.45) is 3.92. The standard InChI is InChI=1S/C11H20N2O.2C2H6/c1-13-3-2-10(6-13)12-8-11-4-9(5-11)7-14-11;2*1-2/h9-10,12H,2-8H2,1H3;2*1-2H3. The second kappa shape index (κ2) is 7.46. The minimum Gasteiger partial charge on any atom is -0.373 e. The molecule has 1 unspecified atom stereocenters. The van der Waals surface area contributed by atoms with Gasteiger partial charge in [0.05, 0.1) is 12.2 Å². The number of nitrogens with one attached hydrogen (secondary N) is 1. The summed E-state index contributed by atoms with van der Waals surface area (Å²) in [5.41, 5.74) is 0.256. The van der Waals surface area contributed by atoms with E-state index in [-0.39, 0.29) is 5.60 Å². The van der Waals surface area contributed by atoms with Crippen molar-refractivity contribution in [3.05, 3.63) is 0 Å². The number of likely N-dealkylation sites (N-methyl/N-ethyl adjacent to an activating group) is 1. The second-order valence-electron chi connectivity index (χ2n) is 5.40. The normalized spacial score (nSPS) is 37.2. The van der Waals surface area contributed by atoms with Crippen molar-refractivity contribution in [3.63, 3.8) is 0 Å². The van der Waals surface area contributed by atoms with Gasteiger partial charge in [0.2, 0.25) is 0 Å². The molecule has 1 saturated carbocycles. The summed E-state index contributed by atoms with van der Waals surface area (Å²) < 4.78 is 5.83. The van der Waals surface area contributed by atoms with Crippen molar-refractivity contribution in [2.24, 2.45) is 5.92 Å². The Balaban J connectivity index is 0.000000371. The van der Waals surface area contributed by atoms with Crippen molar-refractivity contribution in [1.82, 2.24) is 10.2 Å². The highest BCUT2D eigenvalue weighted by Gasteiger charge is 2.51. The van der Waals surface area contributed by atoms with Crippen molar-refractivity contribution in [2.75, 3.05) is 33.3 Å². The molecule has 0 aromatic rings. The maximum absolute atomic E-state index is 5.83. The van der Waals surface area contributed by atoms with Crippen LogP contribution in [0.15, 0.2) is 0 Å². The molecule has 108 valence electrons. The van der Waals surface area contributed by atoms with Gasteiger partial charge >= 0.3 is 0 Å². The average Bonchev–Trinajstić information content (AvgIpc) is 3.06. The summed E-state index contributed by atoms with van der Waals surface area (Å²) in [6, 6.07) is 0.706. The Bertz CT molecular complexity index is 221. The average molecular weight is 256 g/mol. The molecule has 3 saturated heterocycles. The van der Waals surface area contributed by atoms with Gasteiger partial charge in [0.25, 0.3) is 0 Å². The molecule has 0 amide bonds. The summed E-state index contributed by atoms with van der Waals surface area (Å²) in [7, 11) is 2.20. The summed E-state index contributed by atoms with van der Waals surface area (Å²) in [4.78, 5) is 2.40. The number of likely N-dealkylation sites (tertiary alicyclic amines) is 1. The third-order valence-corrected chi connectivity index (χ3v) is 4.05. The van der Waals surface area contributed by atoms with E-state index < -0.39 is 0 Å². The zero-order chi connectivity index (χ0) is 13.6. The highest BCUT2D eigenvalue weighted by molar-refractivity contribution is 5.03. The fourth-order valence-corrected chi connectivity index (χ4v) is 3.15. The van der Waals surface area contributed by atoms with Gasteiger partial charge in [-0.1, -0.05) is 27.7 Å². The topological polar surface area (TPSA) is 24.5 Å². The van der Waals surface area contributed by atoms with Crippen molar-refractivity contribution in [2.45, 2.75) is 58.6 Å². The lowest BCUT2D eigenvalue weighted by Crippen LogP contribution is -2.48. The van der Waals surface area contributed by atoms with E-state index in [0.29, 0.717) is 6.04 Å². The van der Waals surface area contributed by atoms with Crippen LogP contribution in [0.1, 0.15) is 47.0 Å². The van der Waals surface area contributed by atoms with Crippen LogP contribution in [0.2, 0.25) is 0 Å². The van der Waals surface area contributed by atoms with Gasteiger partial charge in [-0.05, 0) is 38.8 Å². The van der Waals surface area contributed by atoms with E-state index in [9.17, 15) is 0 Å². The lowest BCUT2D eigenvalue weighted by Gasteiger charge is -2.36. The Morgan fingerprint density at radius 3 is 2.33 bits per heavy atom. The van der Waals surface area contributed by atoms with Crippen molar-refractivity contribution in [1.29, 1.82) is 0 Å². The molecule has 0 aromatic carbocycles. The Labute approximate surface area is 113 Å². The van der Waals surface area contributed by atoms with Gasteiger partial charge in [-0.2, -0.15) is 0 Å². The van der Waals surface area contributed by atoms with E-state index in [1.165, 1.54) is 32.4 Å². The van der Waals surface area contributed by atoms with Gasteiger partial charge in [-0.3, -0.25) is 0 Å². The minimum atomic E-state index is 0.256. The van der Waals surface area contributed by atoms with Gasteiger partial charge < -0.3 is 15.0 Å². The lowest BCUT2D eigenvalue weighted by molar-refractivity contribution is 0.000835. The molecule has 1 atom stereocenters. The summed E-state index contributed by atoms with van der Waals surface area (Å²) >= 11 is 0. The minimum absolute atomic E-state index is 0.256. The predicted molar refractivity (Wildman–Crippen MR) is 78.0 cm³/mol. The first-order valence-electron chi connectivity index (χ1n) is 7.82. The van der Waals surface area contributed by atoms with Gasteiger partial charge in [-0.15, -0.1) is 0 Å². The van der Waals surface area contributed by atoms with E-state index >= 15 is 0 Å². The zero-order valence-electron chi connectivity index (χ0n) is 13.0. The zero-order valence-corrected chi connectivity index (χ0v) is 13.0. The summed E-state index contributed by atoms with van der Waals surface area (Å²) in [5.74, 6) is 0.892. The molecule has 1 aliphatic carbocycles. The van der Waals surface area contributed by atoms with Crippen LogP contribution in [0.3, 0.4) is 0 Å². The first-order chi connectivity index (χ1) is 8.76. The van der Waals surface area contributed by atoms with Crippen molar-refractivity contribution >= 4 is 0 Å². The van der Waals surface area contributed by atoms with Crippen LogP contribution in [0, 0.1) is 5.92 Å². The fourth-order valence-electron chi connectivity index (χ4n) is 3.15. The van der Waals surface area contributed by atoms with Crippen LogP contribution in [0.4, 0.5) is 0 Å². The van der Waals surface area contributed by atoms with E-state index in [1.807, 2.05) is 27.7 Å². The first-order valence-corrected chi connectivity index (χ1v) is 7.82. The SMILES string of the molecule is CC.CC.CN1CCC(NCC23CC(CO2)C3)C1. The van der Waals surface area contributed by atoms with Crippen LogP contribution in [-0.4, -0.2) is 49.8 Å². The van der Waals surface area contributed by atoms with Gasteiger partial charge in [-0.25, -0.2) is 0 Å². The molecule has 3 aliphatic heterocycles. The Hall–Kier alpha value is -0.120. The summed E-state index contributed by atoms with van der Waals surface area (Å²) in [6.45, 7) is 12.6. The lowest BCUT2D eigenvalue weighted by atomic mass is 9.74. The molecule has 3 heterocycles. The van der Waals surface area contributed by atoms with Crippen LogP contribution in [0.5, 0.6) is 0 Å². The molecule has 0 spiro atoms. The van der Waals surface area contributed by atoms with E-state index in [2.05, 4.69) is 17.3 Å². The third kappa shape index (κ3) is 3.69. The predicted octanol–water partition coefficient (Wildman–Crippen LogP) is 2.51. The Morgan fingerprint density at radius 1 is 1.22 bits per heavy atom. The molecule has 2 bridgehead atoms. The van der Waals surface area contributed by atoms with Crippen LogP contribution in [0.25, 0.3) is 0 Å². The number of hydrogen-bond donors (Lipinski definition) is 1. The molecular weight excluding hydrogens is 224 g/mol. The maximum atomic E-state index is 5.83. The largest absolute Gasteiger partial charge is 0.373 e. The molecule has 3 nitrogen and oxygen atoms in total. The maximum Gasteiger partial charge on any atom is 0.0813 e. The molecule has 4 rings (SSSR count). The molecule has 0 radical (unpaired) electrons. The number of nitrogens with zero attached hydrogens (tertiary/aromatic N) is 1. The third-order valence-electron chi connectivity index (χ3n) is 4.05. The van der Waals surface area contributed by atoms with E-state index in [0.717, 1.165) is 19.1 Å². The second-order valence-corrected chi connectivity index (χ2v) is 5.40. The molecule has 1 N–H and O–H groups in total. The van der Waals surface area contributed by atoms with Gasteiger partial charge in [0, 0.05) is 19.1 Å². The van der Waals surface area contributed by atoms with Crippen LogP contribution >= 0.6 is 0 Å². The van der Waals surface area contributed by atoms with Crippen LogP contribution < -0.4 is 5.32 Å². The molecule has 4 aliphatic rings. The monoisotopic (exact) mass is 256 g/mol. The highest BCUT2D eigenvalue weighted by Crippen LogP contribution is 2.47. The van der Waals surface area contributed by atoms with E-state index in [4.69, 9.17) is 4.74 Å². The number of hydrogen-bond acceptors (Lipinski definition) is 3. The van der Waals surface area contributed by atoms with Gasteiger partial charge in [0.15, 0.2) is 0 Å². The summed E-state index contributed by atoms with van der Waals surface area (Å²) in [5, 5.41) is 3.67.